The van der Waals surface area contributed by atoms with Crippen LogP contribution in [-0.2, 0) is 9.53 Å². The van der Waals surface area contributed by atoms with Gasteiger partial charge in [0.2, 0.25) is 0 Å². The van der Waals surface area contributed by atoms with Crippen LogP contribution in [0.15, 0.2) is 18.3 Å². The van der Waals surface area contributed by atoms with Gasteiger partial charge in [-0.15, -0.1) is 0 Å². The number of nitrogens with zero attached hydrogens (tertiary/aromatic N) is 2. The van der Waals surface area contributed by atoms with E-state index in [-0.39, 0.29) is 19.6 Å². The molecule has 0 saturated carbocycles. The zero-order valence-corrected chi connectivity index (χ0v) is 9.97. The molecule has 0 unspecified atom stereocenters. The number of carbonyl (C=O) groups is 2. The molecule has 0 atom stereocenters. The molecule has 18 heavy (non-hydrogen) atoms. The molecule has 0 fully saturated rings. The summed E-state index contributed by atoms with van der Waals surface area (Å²) in [5.41, 5.74) is 1.09. The van der Waals surface area contributed by atoms with E-state index in [1.165, 1.54) is 6.20 Å². The van der Waals surface area contributed by atoms with E-state index in [0.717, 1.165) is 5.69 Å². The van der Waals surface area contributed by atoms with Crippen LogP contribution in [0.3, 0.4) is 0 Å². The maximum absolute atomic E-state index is 11.5. The first-order chi connectivity index (χ1) is 8.63. The van der Waals surface area contributed by atoms with Crippen molar-refractivity contribution in [2.75, 3.05) is 13.2 Å². The lowest BCUT2D eigenvalue weighted by molar-refractivity contribution is -0.124. The van der Waals surface area contributed by atoms with E-state index in [4.69, 9.17) is 10.00 Å². The lowest BCUT2D eigenvalue weighted by Gasteiger charge is -2.05. The molecule has 0 aliphatic rings. The number of carbonyl (C=O) groups excluding carboxylic acids is 2. The van der Waals surface area contributed by atoms with Crippen molar-refractivity contribution in [1.29, 1.82) is 5.26 Å². The maximum atomic E-state index is 11.5. The van der Waals surface area contributed by atoms with Gasteiger partial charge >= 0.3 is 5.97 Å². The van der Waals surface area contributed by atoms with Crippen molar-refractivity contribution in [1.82, 2.24) is 10.3 Å². The van der Waals surface area contributed by atoms with Crippen molar-refractivity contribution < 1.29 is 14.3 Å². The molecule has 1 N–H and O–H groups in total. The molecule has 0 aromatic carbocycles. The van der Waals surface area contributed by atoms with Gasteiger partial charge in [0.05, 0.1) is 18.1 Å². The van der Waals surface area contributed by atoms with E-state index in [2.05, 4.69) is 10.3 Å². The Morgan fingerprint density at radius 2 is 2.28 bits per heavy atom. The highest BCUT2D eigenvalue weighted by Crippen LogP contribution is 2.01. The number of hydrogen-bond acceptors (Lipinski definition) is 5. The zero-order chi connectivity index (χ0) is 13.4. The first kappa shape index (κ1) is 13.6. The number of aromatic nitrogens is 1. The molecule has 0 saturated heterocycles. The third-order valence-electron chi connectivity index (χ3n) is 2.04. The molecule has 6 nitrogen and oxygen atoms in total. The Bertz CT molecular complexity index is 462. The predicted molar refractivity (Wildman–Crippen MR) is 62.5 cm³/mol. The minimum Gasteiger partial charge on any atom is -0.452 e. The summed E-state index contributed by atoms with van der Waals surface area (Å²) in [5, 5.41) is 10.7. The van der Waals surface area contributed by atoms with Gasteiger partial charge in [-0.05, 0) is 19.1 Å². The zero-order valence-electron chi connectivity index (χ0n) is 9.97. The van der Waals surface area contributed by atoms with Gasteiger partial charge in [-0.1, -0.05) is 0 Å². The lowest BCUT2D eigenvalue weighted by Crippen LogP contribution is -2.29. The molecule has 0 aliphatic carbocycles. The monoisotopic (exact) mass is 247 g/mol. The van der Waals surface area contributed by atoms with Crippen molar-refractivity contribution >= 4 is 11.9 Å². The van der Waals surface area contributed by atoms with Crippen LogP contribution in [0.4, 0.5) is 0 Å². The minimum atomic E-state index is -0.599. The normalized spacial score (nSPS) is 9.33. The van der Waals surface area contributed by atoms with Crippen LogP contribution in [0, 0.1) is 18.3 Å². The van der Waals surface area contributed by atoms with Gasteiger partial charge in [0, 0.05) is 18.4 Å². The van der Waals surface area contributed by atoms with Crippen LogP contribution in [0.25, 0.3) is 0 Å². The number of hydrogen-bond donors (Lipinski definition) is 1. The number of nitriles is 1. The van der Waals surface area contributed by atoms with Crippen molar-refractivity contribution in [2.24, 2.45) is 0 Å². The van der Waals surface area contributed by atoms with Crippen molar-refractivity contribution in [3.63, 3.8) is 0 Å². The number of rotatable bonds is 5. The number of pyridine rings is 1. The second-order valence-corrected chi connectivity index (χ2v) is 3.52. The summed E-state index contributed by atoms with van der Waals surface area (Å²) in [5.74, 6) is -1.03. The topological polar surface area (TPSA) is 92.1 Å². The van der Waals surface area contributed by atoms with Gasteiger partial charge in [0.25, 0.3) is 5.91 Å². The average Bonchev–Trinajstić information content (AvgIpc) is 2.37. The summed E-state index contributed by atoms with van der Waals surface area (Å²) in [7, 11) is 0. The summed E-state index contributed by atoms with van der Waals surface area (Å²) in [6, 6.07) is 5.15. The highest BCUT2D eigenvalue weighted by Gasteiger charge is 2.09. The molecule has 1 aromatic rings. The summed E-state index contributed by atoms with van der Waals surface area (Å²) in [6.45, 7) is 1.69. The first-order valence-electron chi connectivity index (χ1n) is 5.37. The molecule has 0 bridgehead atoms. The SMILES string of the molecule is Cc1ccc(C(=O)OCC(=O)NCCC#N)cn1. The van der Waals surface area contributed by atoms with E-state index in [0.29, 0.717) is 5.56 Å². The summed E-state index contributed by atoms with van der Waals surface area (Å²) < 4.78 is 4.79. The predicted octanol–water partition coefficient (Wildman–Crippen LogP) is 0.577. The van der Waals surface area contributed by atoms with E-state index in [9.17, 15) is 9.59 Å². The molecule has 1 amide bonds. The van der Waals surface area contributed by atoms with Crippen LogP contribution < -0.4 is 5.32 Å². The Morgan fingerprint density at radius 3 is 2.89 bits per heavy atom. The van der Waals surface area contributed by atoms with Gasteiger partial charge in [-0.3, -0.25) is 9.78 Å². The highest BCUT2D eigenvalue weighted by atomic mass is 16.5. The maximum Gasteiger partial charge on any atom is 0.340 e. The fourth-order valence-corrected chi connectivity index (χ4v) is 1.11. The third-order valence-corrected chi connectivity index (χ3v) is 2.04. The number of amides is 1. The summed E-state index contributed by atoms with van der Waals surface area (Å²) >= 11 is 0. The van der Waals surface area contributed by atoms with Gasteiger partial charge in [-0.25, -0.2) is 4.79 Å². The summed E-state index contributed by atoms with van der Waals surface area (Å²) in [4.78, 5) is 26.6. The quantitative estimate of drug-likeness (QED) is 0.606. The number of ether oxygens (including phenoxy) is 1. The Hall–Kier alpha value is -2.42. The number of nitrogens with one attached hydrogen (secondary N) is 1. The second-order valence-electron chi connectivity index (χ2n) is 3.52. The lowest BCUT2D eigenvalue weighted by atomic mass is 10.2. The smallest absolute Gasteiger partial charge is 0.340 e. The summed E-state index contributed by atoms with van der Waals surface area (Å²) in [6.07, 6.45) is 1.62. The Kier molecular flexibility index (Phi) is 5.32. The molecular formula is C12H13N3O3. The molecule has 0 spiro atoms. The van der Waals surface area contributed by atoms with E-state index in [1.807, 2.05) is 6.07 Å². The fraction of sp³-hybridized carbons (Fsp3) is 0.333. The Balaban J connectivity index is 2.35. The standard InChI is InChI=1S/C12H13N3O3/c1-9-3-4-10(7-15-9)12(17)18-8-11(16)14-6-2-5-13/h3-4,7H,2,6,8H2,1H3,(H,14,16). The van der Waals surface area contributed by atoms with E-state index < -0.39 is 11.9 Å². The number of aryl methyl sites for hydroxylation is 1. The fourth-order valence-electron chi connectivity index (χ4n) is 1.11. The second kappa shape index (κ2) is 7.01. The molecule has 0 aliphatic heterocycles. The van der Waals surface area contributed by atoms with Crippen LogP contribution in [0.1, 0.15) is 22.5 Å². The molecule has 1 aromatic heterocycles. The van der Waals surface area contributed by atoms with Crippen LogP contribution in [0.2, 0.25) is 0 Å². The van der Waals surface area contributed by atoms with Crippen molar-refractivity contribution in [3.8, 4) is 6.07 Å². The van der Waals surface area contributed by atoms with Gasteiger partial charge in [0.1, 0.15) is 0 Å². The average molecular weight is 247 g/mol. The molecule has 1 rings (SSSR count). The Morgan fingerprint density at radius 1 is 1.50 bits per heavy atom. The third kappa shape index (κ3) is 4.61. The van der Waals surface area contributed by atoms with Crippen molar-refractivity contribution in [3.05, 3.63) is 29.6 Å². The first-order valence-corrected chi connectivity index (χ1v) is 5.37. The molecule has 94 valence electrons. The van der Waals surface area contributed by atoms with Gasteiger partial charge in [-0.2, -0.15) is 5.26 Å². The highest BCUT2D eigenvalue weighted by molar-refractivity contribution is 5.90. The van der Waals surface area contributed by atoms with Crippen molar-refractivity contribution in [2.45, 2.75) is 13.3 Å². The number of esters is 1. The molecular weight excluding hydrogens is 234 g/mol. The van der Waals surface area contributed by atoms with E-state index in [1.54, 1.807) is 19.1 Å². The molecule has 6 heteroatoms. The van der Waals surface area contributed by atoms with Crippen LogP contribution in [-0.4, -0.2) is 30.0 Å². The largest absolute Gasteiger partial charge is 0.452 e. The van der Waals surface area contributed by atoms with Gasteiger partial charge < -0.3 is 10.1 Å². The minimum absolute atomic E-state index is 0.224. The van der Waals surface area contributed by atoms with Crippen LogP contribution in [0.5, 0.6) is 0 Å². The Labute approximate surface area is 105 Å². The molecule has 0 radical (unpaired) electrons. The molecule has 1 heterocycles. The van der Waals surface area contributed by atoms with Gasteiger partial charge in [0.15, 0.2) is 6.61 Å². The van der Waals surface area contributed by atoms with Crippen LogP contribution >= 0.6 is 0 Å². The van der Waals surface area contributed by atoms with E-state index >= 15 is 0 Å².